The number of hydrogen-bond acceptors (Lipinski definition) is 3. The van der Waals surface area contributed by atoms with Gasteiger partial charge in [-0.15, -0.1) is 11.8 Å². The summed E-state index contributed by atoms with van der Waals surface area (Å²) in [4.78, 5) is 29.8. The normalized spacial score (nSPS) is 10.6. The number of rotatable bonds is 4. The minimum Gasteiger partial charge on any atom is -0.309 e. The molecule has 0 atom stereocenters. The summed E-state index contributed by atoms with van der Waals surface area (Å²) >= 11 is 1.62. The van der Waals surface area contributed by atoms with Crippen LogP contribution in [-0.4, -0.2) is 22.0 Å². The lowest BCUT2D eigenvalue weighted by Gasteiger charge is -2.02. The fourth-order valence-electron chi connectivity index (χ4n) is 1.77. The quantitative estimate of drug-likeness (QED) is 0.656. The number of thioether (sulfide) groups is 1. The van der Waals surface area contributed by atoms with Gasteiger partial charge in [0.1, 0.15) is 5.69 Å². The Balaban J connectivity index is 2.37. The molecule has 18 heavy (non-hydrogen) atoms. The highest BCUT2D eigenvalue weighted by Gasteiger charge is 2.15. The first-order chi connectivity index (χ1) is 8.65. The van der Waals surface area contributed by atoms with Crippen molar-refractivity contribution >= 4 is 17.5 Å². The summed E-state index contributed by atoms with van der Waals surface area (Å²) in [7, 11) is 0. The van der Waals surface area contributed by atoms with E-state index in [2.05, 4.69) is 9.97 Å². The maximum Gasteiger partial charge on any atom is 0.323 e. The molecule has 0 amide bonds. The third kappa shape index (κ3) is 2.41. The third-order valence-corrected chi connectivity index (χ3v) is 3.48. The summed E-state index contributed by atoms with van der Waals surface area (Å²) in [6, 6.07) is 7.35. The second-order valence-electron chi connectivity index (χ2n) is 3.84. The van der Waals surface area contributed by atoms with E-state index in [1.54, 1.807) is 23.9 Å². The number of imidazole rings is 1. The second-order valence-corrected chi connectivity index (χ2v) is 4.72. The van der Waals surface area contributed by atoms with Gasteiger partial charge in [-0.25, -0.2) is 4.79 Å². The number of ketones is 1. The van der Waals surface area contributed by atoms with Crippen LogP contribution in [0.1, 0.15) is 28.7 Å². The molecule has 94 valence electrons. The van der Waals surface area contributed by atoms with Crippen LogP contribution in [0.4, 0.5) is 0 Å². The number of H-pyrrole nitrogens is 2. The molecule has 4 nitrogen and oxygen atoms in total. The van der Waals surface area contributed by atoms with E-state index in [1.165, 1.54) is 0 Å². The number of hydrogen-bond donors (Lipinski definition) is 2. The highest BCUT2D eigenvalue weighted by atomic mass is 32.2. The molecule has 1 heterocycles. The molecule has 2 N–H and O–H groups in total. The molecule has 2 aromatic rings. The number of benzene rings is 1. The van der Waals surface area contributed by atoms with Gasteiger partial charge in [0.05, 0.1) is 0 Å². The Morgan fingerprint density at radius 2 is 1.89 bits per heavy atom. The summed E-state index contributed by atoms with van der Waals surface area (Å²) in [5.74, 6) is -0.155. The molecular formula is C13H14N2O2S. The zero-order chi connectivity index (χ0) is 13.1. The number of nitrogens with one attached hydrogen (secondary N) is 2. The summed E-state index contributed by atoms with van der Waals surface area (Å²) < 4.78 is 0. The van der Waals surface area contributed by atoms with Crippen LogP contribution in [0.15, 0.2) is 34.0 Å². The van der Waals surface area contributed by atoms with Gasteiger partial charge >= 0.3 is 5.69 Å². The number of aryl methyl sites for hydroxylation is 1. The van der Waals surface area contributed by atoms with Gasteiger partial charge in [0.2, 0.25) is 5.78 Å². The third-order valence-electron chi connectivity index (χ3n) is 2.74. The minimum absolute atomic E-state index is 0.155. The highest BCUT2D eigenvalue weighted by molar-refractivity contribution is 7.98. The predicted molar refractivity (Wildman–Crippen MR) is 72.4 cm³/mol. The first-order valence-electron chi connectivity index (χ1n) is 5.65. The van der Waals surface area contributed by atoms with Gasteiger partial charge in [-0.1, -0.05) is 6.92 Å². The van der Waals surface area contributed by atoms with Gasteiger partial charge in [-0.05, 0) is 36.9 Å². The zero-order valence-electron chi connectivity index (χ0n) is 10.2. The fourth-order valence-corrected chi connectivity index (χ4v) is 2.17. The number of aromatic nitrogens is 2. The van der Waals surface area contributed by atoms with E-state index in [0.29, 0.717) is 23.4 Å². The highest BCUT2D eigenvalue weighted by Crippen LogP contribution is 2.17. The lowest BCUT2D eigenvalue weighted by molar-refractivity contribution is 0.103. The van der Waals surface area contributed by atoms with Crippen molar-refractivity contribution < 1.29 is 4.79 Å². The fraction of sp³-hybridized carbons (Fsp3) is 0.231. The van der Waals surface area contributed by atoms with Crippen molar-refractivity contribution in [2.45, 2.75) is 18.2 Å². The minimum atomic E-state index is -0.337. The molecule has 0 fully saturated rings. The Hall–Kier alpha value is -1.75. The van der Waals surface area contributed by atoms with Crippen molar-refractivity contribution in [3.05, 3.63) is 51.7 Å². The maximum atomic E-state index is 12.2. The lowest BCUT2D eigenvalue weighted by Crippen LogP contribution is -2.06. The van der Waals surface area contributed by atoms with Crippen molar-refractivity contribution in [2.24, 2.45) is 0 Å². The van der Waals surface area contributed by atoms with Crippen molar-refractivity contribution in [1.29, 1.82) is 0 Å². The second kappa shape index (κ2) is 5.27. The van der Waals surface area contributed by atoms with E-state index < -0.39 is 0 Å². The van der Waals surface area contributed by atoms with E-state index >= 15 is 0 Å². The van der Waals surface area contributed by atoms with Gasteiger partial charge in [0.25, 0.3) is 0 Å². The largest absolute Gasteiger partial charge is 0.323 e. The van der Waals surface area contributed by atoms with Crippen LogP contribution in [0.5, 0.6) is 0 Å². The molecule has 0 aliphatic carbocycles. The Kier molecular flexibility index (Phi) is 3.72. The average molecular weight is 262 g/mol. The van der Waals surface area contributed by atoms with Crippen LogP contribution < -0.4 is 5.69 Å². The molecule has 0 saturated heterocycles. The first kappa shape index (κ1) is 12.7. The molecule has 0 aliphatic heterocycles. The SMILES string of the molecule is CCc1[nH]c(=O)[nH]c1C(=O)c1ccc(SC)cc1. The van der Waals surface area contributed by atoms with E-state index in [4.69, 9.17) is 0 Å². The predicted octanol–water partition coefficient (Wildman–Crippen LogP) is 2.22. The Morgan fingerprint density at radius 1 is 1.22 bits per heavy atom. The van der Waals surface area contributed by atoms with Crippen LogP contribution >= 0.6 is 11.8 Å². The molecular weight excluding hydrogens is 248 g/mol. The Morgan fingerprint density at radius 3 is 2.44 bits per heavy atom. The molecule has 2 rings (SSSR count). The van der Waals surface area contributed by atoms with E-state index in [0.717, 1.165) is 4.90 Å². The Labute approximate surface area is 109 Å². The van der Waals surface area contributed by atoms with Gasteiger partial charge in [-0.3, -0.25) is 4.79 Å². The molecule has 1 aromatic heterocycles. The summed E-state index contributed by atoms with van der Waals surface area (Å²) in [6.07, 6.45) is 2.60. The number of carbonyl (C=O) groups excluding carboxylic acids is 1. The van der Waals surface area contributed by atoms with Gasteiger partial charge in [0, 0.05) is 16.2 Å². The van der Waals surface area contributed by atoms with Crippen molar-refractivity contribution in [2.75, 3.05) is 6.26 Å². The maximum absolute atomic E-state index is 12.2. The van der Waals surface area contributed by atoms with Crippen molar-refractivity contribution in [1.82, 2.24) is 9.97 Å². The van der Waals surface area contributed by atoms with Crippen LogP contribution in [0.2, 0.25) is 0 Å². The first-order valence-corrected chi connectivity index (χ1v) is 6.88. The monoisotopic (exact) mass is 262 g/mol. The van der Waals surface area contributed by atoms with Gasteiger partial charge in [0.15, 0.2) is 0 Å². The zero-order valence-corrected chi connectivity index (χ0v) is 11.1. The Bertz CT molecular complexity index is 611. The summed E-state index contributed by atoms with van der Waals surface area (Å²) in [6.45, 7) is 1.90. The summed E-state index contributed by atoms with van der Waals surface area (Å²) in [5, 5.41) is 0. The lowest BCUT2D eigenvalue weighted by atomic mass is 10.1. The number of carbonyl (C=O) groups is 1. The topological polar surface area (TPSA) is 65.7 Å². The molecule has 0 spiro atoms. The number of aromatic amines is 2. The van der Waals surface area contributed by atoms with Gasteiger partial charge < -0.3 is 9.97 Å². The molecule has 5 heteroatoms. The molecule has 0 radical (unpaired) electrons. The molecule has 1 aromatic carbocycles. The van der Waals surface area contributed by atoms with Crippen molar-refractivity contribution in [3.63, 3.8) is 0 Å². The smallest absolute Gasteiger partial charge is 0.309 e. The summed E-state index contributed by atoms with van der Waals surface area (Å²) in [5.41, 5.74) is 1.26. The molecule has 0 saturated carbocycles. The molecule has 0 aliphatic rings. The molecule has 0 unspecified atom stereocenters. The van der Waals surface area contributed by atoms with E-state index in [9.17, 15) is 9.59 Å². The van der Waals surface area contributed by atoms with Crippen LogP contribution in [-0.2, 0) is 6.42 Å². The van der Waals surface area contributed by atoms with Crippen LogP contribution in [0.25, 0.3) is 0 Å². The van der Waals surface area contributed by atoms with Crippen LogP contribution in [0.3, 0.4) is 0 Å². The molecule has 0 bridgehead atoms. The van der Waals surface area contributed by atoms with E-state index in [1.807, 2.05) is 25.3 Å². The van der Waals surface area contributed by atoms with Crippen molar-refractivity contribution in [3.8, 4) is 0 Å². The average Bonchev–Trinajstić information content (AvgIpc) is 2.79. The standard InChI is InChI=1S/C13H14N2O2S/c1-3-10-11(15-13(17)14-10)12(16)8-4-6-9(18-2)7-5-8/h4-7H,3H2,1-2H3,(H2,14,15,17). The van der Waals surface area contributed by atoms with E-state index in [-0.39, 0.29) is 11.5 Å². The van der Waals surface area contributed by atoms with Gasteiger partial charge in [-0.2, -0.15) is 0 Å². The van der Waals surface area contributed by atoms with Crippen LogP contribution in [0, 0.1) is 0 Å².